The van der Waals surface area contributed by atoms with Gasteiger partial charge in [0, 0.05) is 38.3 Å². The van der Waals surface area contributed by atoms with Gasteiger partial charge in [-0.2, -0.15) is 5.10 Å². The zero-order valence-corrected chi connectivity index (χ0v) is 16.3. The van der Waals surface area contributed by atoms with Crippen LogP contribution in [-0.4, -0.2) is 43.7 Å². The van der Waals surface area contributed by atoms with E-state index in [1.54, 1.807) is 36.0 Å². The minimum Gasteiger partial charge on any atom is -0.441 e. The van der Waals surface area contributed by atoms with E-state index in [9.17, 15) is 9.59 Å². The predicted molar refractivity (Wildman–Crippen MR) is 105 cm³/mol. The molecule has 2 fully saturated rings. The molecule has 1 aromatic carbocycles. The second-order valence-corrected chi connectivity index (χ2v) is 7.68. The molecule has 1 saturated carbocycles. The van der Waals surface area contributed by atoms with Gasteiger partial charge in [-0.25, -0.2) is 9.78 Å². The molecule has 0 radical (unpaired) electrons. The summed E-state index contributed by atoms with van der Waals surface area (Å²) in [6.07, 6.45) is 4.02. The summed E-state index contributed by atoms with van der Waals surface area (Å²) in [5.74, 6) is 0.647. The summed E-state index contributed by atoms with van der Waals surface area (Å²) in [5, 5.41) is 10.1. The number of likely N-dealkylation sites (tertiary alicyclic amines) is 1. The normalized spacial score (nSPS) is 21.7. The number of hydrogen-bond acceptors (Lipinski definition) is 5. The van der Waals surface area contributed by atoms with Crippen molar-refractivity contribution in [1.82, 2.24) is 25.0 Å². The molecule has 9 nitrogen and oxygen atoms in total. The van der Waals surface area contributed by atoms with Gasteiger partial charge in [0.1, 0.15) is 5.52 Å². The topological polar surface area (TPSA) is 105 Å². The third-order valence-electron chi connectivity index (χ3n) is 5.53. The smallest absolute Gasteiger partial charge is 0.319 e. The number of aromatic nitrogens is 3. The lowest BCUT2D eigenvalue weighted by Crippen LogP contribution is -2.43. The van der Waals surface area contributed by atoms with Crippen LogP contribution in [0.15, 0.2) is 34.9 Å². The second-order valence-electron chi connectivity index (χ2n) is 7.68. The summed E-state index contributed by atoms with van der Waals surface area (Å²) in [5.41, 5.74) is 2.89. The molecule has 2 N–H and O–H groups in total. The number of amides is 3. The first-order valence-corrected chi connectivity index (χ1v) is 9.73. The van der Waals surface area contributed by atoms with E-state index >= 15 is 0 Å². The minimum atomic E-state index is -0.354. The predicted octanol–water partition coefficient (Wildman–Crippen LogP) is 2.50. The van der Waals surface area contributed by atoms with Crippen molar-refractivity contribution in [2.45, 2.75) is 44.3 Å². The SMILES string of the molecule is Cc1nc2cc(NC(=O)N[C@@H]3CC(=O)N(C4CC4)[C@H]3c3ccnn3C)ccc2o1. The molecule has 2 aliphatic rings. The zero-order valence-electron chi connectivity index (χ0n) is 16.3. The van der Waals surface area contributed by atoms with E-state index in [4.69, 9.17) is 4.42 Å². The largest absolute Gasteiger partial charge is 0.441 e. The lowest BCUT2D eigenvalue weighted by molar-refractivity contribution is -0.129. The number of aryl methyl sites for hydroxylation is 2. The standard InChI is InChI=1S/C20H22N6O3/c1-11-22-14-9-12(3-6-17(14)29-11)23-20(28)24-15-10-18(27)26(13-4-5-13)19(15)16-7-8-21-25(16)2/h3,6-9,13,15,19H,4-5,10H2,1-2H3,(H2,23,24,28)/t15-,19-/m1/s1. The Kier molecular flexibility index (Phi) is 4.04. The highest BCUT2D eigenvalue weighted by molar-refractivity contribution is 5.92. The van der Waals surface area contributed by atoms with Crippen LogP contribution >= 0.6 is 0 Å². The van der Waals surface area contributed by atoms with Crippen molar-refractivity contribution < 1.29 is 14.0 Å². The highest BCUT2D eigenvalue weighted by atomic mass is 16.3. The summed E-state index contributed by atoms with van der Waals surface area (Å²) in [4.78, 5) is 31.6. The monoisotopic (exact) mass is 394 g/mol. The van der Waals surface area contributed by atoms with E-state index in [-0.39, 0.29) is 36.5 Å². The lowest BCUT2D eigenvalue weighted by atomic mass is 10.1. The highest BCUT2D eigenvalue weighted by Crippen LogP contribution is 2.41. The number of carbonyl (C=O) groups is 2. The molecule has 29 heavy (non-hydrogen) atoms. The van der Waals surface area contributed by atoms with Gasteiger partial charge in [-0.3, -0.25) is 9.48 Å². The average molecular weight is 394 g/mol. The third-order valence-corrected chi connectivity index (χ3v) is 5.53. The van der Waals surface area contributed by atoms with E-state index in [1.807, 2.05) is 18.0 Å². The molecular weight excluding hydrogens is 372 g/mol. The van der Waals surface area contributed by atoms with Crippen molar-refractivity contribution in [3.63, 3.8) is 0 Å². The number of oxazole rings is 1. The summed E-state index contributed by atoms with van der Waals surface area (Å²) in [6, 6.07) is 6.58. The molecule has 1 aliphatic heterocycles. The van der Waals surface area contributed by atoms with Crippen molar-refractivity contribution in [2.75, 3.05) is 5.32 Å². The van der Waals surface area contributed by atoms with Gasteiger partial charge < -0.3 is 20.0 Å². The maximum Gasteiger partial charge on any atom is 0.319 e. The Bertz CT molecular complexity index is 1100. The molecule has 150 valence electrons. The van der Waals surface area contributed by atoms with Crippen LogP contribution in [0.1, 0.15) is 36.9 Å². The average Bonchev–Trinajstić information content (AvgIpc) is 3.18. The number of anilines is 1. The number of rotatable bonds is 4. The molecule has 2 aromatic heterocycles. The minimum absolute atomic E-state index is 0.0727. The van der Waals surface area contributed by atoms with Crippen LogP contribution in [0.4, 0.5) is 10.5 Å². The van der Waals surface area contributed by atoms with Gasteiger partial charge in [0.15, 0.2) is 11.5 Å². The zero-order chi connectivity index (χ0) is 20.1. The Morgan fingerprint density at radius 2 is 2.10 bits per heavy atom. The van der Waals surface area contributed by atoms with Crippen LogP contribution in [0, 0.1) is 6.92 Å². The first-order chi connectivity index (χ1) is 14.0. The number of fused-ring (bicyclic) bond motifs is 1. The first-order valence-electron chi connectivity index (χ1n) is 9.73. The second kappa shape index (κ2) is 6.61. The van der Waals surface area contributed by atoms with E-state index in [0.29, 0.717) is 22.7 Å². The van der Waals surface area contributed by atoms with Crippen LogP contribution in [0.3, 0.4) is 0 Å². The van der Waals surface area contributed by atoms with E-state index in [2.05, 4.69) is 20.7 Å². The van der Waals surface area contributed by atoms with Crippen LogP contribution in [0.5, 0.6) is 0 Å². The van der Waals surface area contributed by atoms with Crippen molar-refractivity contribution in [2.24, 2.45) is 7.05 Å². The highest BCUT2D eigenvalue weighted by Gasteiger charge is 2.48. The van der Waals surface area contributed by atoms with Crippen LogP contribution in [0.2, 0.25) is 0 Å². The van der Waals surface area contributed by atoms with E-state index < -0.39 is 0 Å². The number of carbonyl (C=O) groups excluding carboxylic acids is 2. The lowest BCUT2D eigenvalue weighted by Gasteiger charge is -2.28. The Hall–Kier alpha value is -3.36. The summed E-state index contributed by atoms with van der Waals surface area (Å²) >= 11 is 0. The molecule has 0 bridgehead atoms. The fraction of sp³-hybridized carbons (Fsp3) is 0.400. The molecule has 2 atom stereocenters. The maximum atomic E-state index is 12.7. The van der Waals surface area contributed by atoms with Crippen LogP contribution in [0.25, 0.3) is 11.1 Å². The number of hydrogen-bond donors (Lipinski definition) is 2. The molecular formula is C20H22N6O3. The Morgan fingerprint density at radius 1 is 1.28 bits per heavy atom. The number of nitrogens with one attached hydrogen (secondary N) is 2. The molecule has 3 heterocycles. The number of nitrogens with zero attached hydrogens (tertiary/aromatic N) is 4. The van der Waals surface area contributed by atoms with Gasteiger partial charge in [0.2, 0.25) is 5.91 Å². The van der Waals surface area contributed by atoms with Gasteiger partial charge in [-0.15, -0.1) is 0 Å². The van der Waals surface area contributed by atoms with E-state index in [1.165, 1.54) is 0 Å². The van der Waals surface area contributed by atoms with Gasteiger partial charge in [0.25, 0.3) is 0 Å². The van der Waals surface area contributed by atoms with Crippen molar-refractivity contribution >= 4 is 28.7 Å². The number of urea groups is 1. The Morgan fingerprint density at radius 3 is 2.83 bits per heavy atom. The van der Waals surface area contributed by atoms with Gasteiger partial charge in [-0.05, 0) is 37.1 Å². The molecule has 3 aromatic rings. The molecule has 0 spiro atoms. The quantitative estimate of drug-likeness (QED) is 0.707. The third kappa shape index (κ3) is 3.22. The van der Waals surface area contributed by atoms with Crippen molar-refractivity contribution in [3.05, 3.63) is 42.0 Å². The Labute approximate surface area is 167 Å². The Balaban J connectivity index is 1.35. The van der Waals surface area contributed by atoms with Crippen LogP contribution < -0.4 is 10.6 Å². The fourth-order valence-electron chi connectivity index (χ4n) is 4.15. The maximum absolute atomic E-state index is 12.7. The summed E-state index contributed by atoms with van der Waals surface area (Å²) < 4.78 is 7.23. The van der Waals surface area contributed by atoms with Crippen LogP contribution in [-0.2, 0) is 11.8 Å². The number of benzene rings is 1. The summed E-state index contributed by atoms with van der Waals surface area (Å²) in [7, 11) is 1.86. The first kappa shape index (κ1) is 17.7. The summed E-state index contributed by atoms with van der Waals surface area (Å²) in [6.45, 7) is 1.78. The van der Waals surface area contributed by atoms with E-state index in [0.717, 1.165) is 18.5 Å². The molecule has 1 saturated heterocycles. The van der Waals surface area contributed by atoms with Gasteiger partial charge in [0.05, 0.1) is 17.8 Å². The molecule has 5 rings (SSSR count). The van der Waals surface area contributed by atoms with Crippen molar-refractivity contribution in [3.8, 4) is 0 Å². The molecule has 0 unspecified atom stereocenters. The fourth-order valence-corrected chi connectivity index (χ4v) is 4.15. The molecule has 3 amide bonds. The molecule has 9 heteroatoms. The van der Waals surface area contributed by atoms with Gasteiger partial charge in [-0.1, -0.05) is 0 Å². The van der Waals surface area contributed by atoms with Crippen molar-refractivity contribution in [1.29, 1.82) is 0 Å². The van der Waals surface area contributed by atoms with Gasteiger partial charge >= 0.3 is 6.03 Å². The molecule has 1 aliphatic carbocycles.